The van der Waals surface area contributed by atoms with Crippen molar-refractivity contribution in [3.8, 4) is 0 Å². The molecule has 2 aromatic heterocycles. The van der Waals surface area contributed by atoms with Gasteiger partial charge in [-0.1, -0.05) is 24.3 Å². The second kappa shape index (κ2) is 8.37. The van der Waals surface area contributed by atoms with Crippen LogP contribution in [-0.4, -0.2) is 27.0 Å². The maximum Gasteiger partial charge on any atom is 0.271 e. The number of imidazole rings is 1. The Morgan fingerprint density at radius 2 is 1.88 bits per heavy atom. The van der Waals surface area contributed by atoms with Crippen LogP contribution < -0.4 is 10.2 Å². The first-order valence-corrected chi connectivity index (χ1v) is 10.5. The molecule has 0 unspecified atom stereocenters. The molecule has 0 saturated carbocycles. The number of carbonyl (C=O) groups excluding carboxylic acids is 1. The van der Waals surface area contributed by atoms with Crippen LogP contribution in [0.15, 0.2) is 66.9 Å². The van der Waals surface area contributed by atoms with Crippen molar-refractivity contribution in [2.75, 3.05) is 11.4 Å². The maximum atomic E-state index is 13.8. The molecule has 1 N–H and O–H groups in total. The van der Waals surface area contributed by atoms with Gasteiger partial charge in [0.15, 0.2) is 11.3 Å². The first kappa shape index (κ1) is 20.1. The van der Waals surface area contributed by atoms with E-state index in [9.17, 15) is 13.6 Å². The average Bonchev–Trinajstić information content (AvgIpc) is 3.44. The third-order valence-electron chi connectivity index (χ3n) is 5.70. The zero-order valence-electron chi connectivity index (χ0n) is 17.2. The lowest BCUT2D eigenvalue weighted by atomic mass is 10.0. The van der Waals surface area contributed by atoms with E-state index in [0.717, 1.165) is 24.9 Å². The number of carbonyl (C=O) groups is 1. The van der Waals surface area contributed by atoms with Crippen LogP contribution in [0.5, 0.6) is 0 Å². The van der Waals surface area contributed by atoms with Gasteiger partial charge in [0.25, 0.3) is 5.91 Å². The van der Waals surface area contributed by atoms with E-state index in [1.165, 1.54) is 28.9 Å². The first-order chi connectivity index (χ1) is 15.6. The van der Waals surface area contributed by atoms with E-state index in [0.29, 0.717) is 22.7 Å². The largest absolute Gasteiger partial charge is 0.348 e. The monoisotopic (exact) mass is 433 g/mol. The highest BCUT2D eigenvalue weighted by atomic mass is 19.1. The molecule has 5 rings (SSSR count). The van der Waals surface area contributed by atoms with Crippen molar-refractivity contribution in [3.63, 3.8) is 0 Å². The number of nitrogens with zero attached hydrogens (tertiary/aromatic N) is 4. The number of halogens is 2. The zero-order valence-corrected chi connectivity index (χ0v) is 17.2. The Hall–Kier alpha value is -3.81. The van der Waals surface area contributed by atoms with Crippen LogP contribution in [0.25, 0.3) is 5.65 Å². The Bertz CT molecular complexity index is 1290. The summed E-state index contributed by atoms with van der Waals surface area (Å²) in [6.07, 6.45) is 3.33. The Labute approximate surface area is 183 Å². The van der Waals surface area contributed by atoms with Gasteiger partial charge in [-0.2, -0.15) is 0 Å². The summed E-state index contributed by atoms with van der Waals surface area (Å²) in [6.45, 7) is 0.979. The molecule has 0 bridgehead atoms. The van der Waals surface area contributed by atoms with Crippen molar-refractivity contribution in [1.29, 1.82) is 0 Å². The molecule has 1 amide bonds. The van der Waals surface area contributed by atoms with Gasteiger partial charge in [-0.05, 0) is 60.4 Å². The number of amides is 1. The van der Waals surface area contributed by atoms with E-state index in [4.69, 9.17) is 0 Å². The third kappa shape index (κ3) is 3.91. The minimum atomic E-state index is -0.352. The topological polar surface area (TPSA) is 62.5 Å². The molecule has 1 aliphatic heterocycles. The van der Waals surface area contributed by atoms with Gasteiger partial charge in [0, 0.05) is 13.1 Å². The number of hydrogen-bond acceptors (Lipinski definition) is 4. The van der Waals surface area contributed by atoms with Crippen molar-refractivity contribution in [2.24, 2.45) is 0 Å². The van der Waals surface area contributed by atoms with Crippen LogP contribution in [0, 0.1) is 11.6 Å². The summed E-state index contributed by atoms with van der Waals surface area (Å²) in [4.78, 5) is 19.2. The van der Waals surface area contributed by atoms with Gasteiger partial charge in [0.05, 0.1) is 12.2 Å². The first-order valence-electron chi connectivity index (χ1n) is 10.5. The molecule has 1 fully saturated rings. The average molecular weight is 433 g/mol. The second-order valence-electron chi connectivity index (χ2n) is 7.82. The highest BCUT2D eigenvalue weighted by Gasteiger charge is 2.28. The Morgan fingerprint density at radius 1 is 1.06 bits per heavy atom. The van der Waals surface area contributed by atoms with Crippen LogP contribution in [0.1, 0.15) is 40.5 Å². The highest BCUT2D eigenvalue weighted by molar-refractivity contribution is 5.93. The summed E-state index contributed by atoms with van der Waals surface area (Å²) in [5.41, 5.74) is 2.41. The summed E-state index contributed by atoms with van der Waals surface area (Å²) in [6, 6.07) is 16.4. The van der Waals surface area contributed by atoms with E-state index in [1.807, 2.05) is 18.2 Å². The SMILES string of the molecule is O=C(NCc1cccc(F)c1)c1cnc2ccc(N3CCC[C@@H]3c3cccc(F)c3)nn12. The molecule has 6 nitrogen and oxygen atoms in total. The molecule has 1 aliphatic rings. The fraction of sp³-hybridized carbons (Fsp3) is 0.208. The van der Waals surface area contributed by atoms with Gasteiger partial charge >= 0.3 is 0 Å². The van der Waals surface area contributed by atoms with Crippen LogP contribution in [0.2, 0.25) is 0 Å². The van der Waals surface area contributed by atoms with E-state index >= 15 is 0 Å². The lowest BCUT2D eigenvalue weighted by Gasteiger charge is -2.26. The van der Waals surface area contributed by atoms with Gasteiger partial charge in [0.2, 0.25) is 0 Å². The second-order valence-corrected chi connectivity index (χ2v) is 7.82. The van der Waals surface area contributed by atoms with Crippen LogP contribution in [0.3, 0.4) is 0 Å². The summed E-state index contributed by atoms with van der Waals surface area (Å²) in [5.74, 6) is -0.267. The predicted octanol–water partition coefficient (Wildman–Crippen LogP) is 4.28. The van der Waals surface area contributed by atoms with Crippen molar-refractivity contribution in [3.05, 3.63) is 95.3 Å². The van der Waals surface area contributed by atoms with Gasteiger partial charge in [-0.25, -0.2) is 18.3 Å². The van der Waals surface area contributed by atoms with Crippen molar-refractivity contribution in [1.82, 2.24) is 19.9 Å². The number of hydrogen-bond donors (Lipinski definition) is 1. The van der Waals surface area contributed by atoms with Crippen LogP contribution >= 0.6 is 0 Å². The number of aromatic nitrogens is 3. The third-order valence-corrected chi connectivity index (χ3v) is 5.70. The lowest BCUT2D eigenvalue weighted by molar-refractivity contribution is 0.0944. The molecule has 0 radical (unpaired) electrons. The quantitative estimate of drug-likeness (QED) is 0.510. The van der Waals surface area contributed by atoms with E-state index in [2.05, 4.69) is 20.3 Å². The smallest absolute Gasteiger partial charge is 0.271 e. The minimum Gasteiger partial charge on any atom is -0.348 e. The number of rotatable bonds is 5. The Morgan fingerprint density at radius 3 is 2.69 bits per heavy atom. The lowest BCUT2D eigenvalue weighted by Crippen LogP contribution is -2.26. The molecule has 1 saturated heterocycles. The van der Waals surface area contributed by atoms with Crippen molar-refractivity contribution in [2.45, 2.75) is 25.4 Å². The zero-order chi connectivity index (χ0) is 22.1. The number of nitrogens with one attached hydrogen (secondary N) is 1. The van der Waals surface area contributed by atoms with Gasteiger partial charge in [-0.15, -0.1) is 5.10 Å². The summed E-state index contributed by atoms with van der Waals surface area (Å²) >= 11 is 0. The molecule has 2 aromatic carbocycles. The van der Waals surface area contributed by atoms with E-state index < -0.39 is 0 Å². The molecule has 8 heteroatoms. The van der Waals surface area contributed by atoms with Gasteiger partial charge in [-0.3, -0.25) is 4.79 Å². The van der Waals surface area contributed by atoms with Crippen molar-refractivity contribution >= 4 is 17.4 Å². The normalized spacial score (nSPS) is 15.9. The number of fused-ring (bicyclic) bond motifs is 1. The summed E-state index contributed by atoms with van der Waals surface area (Å²) in [7, 11) is 0. The summed E-state index contributed by atoms with van der Waals surface area (Å²) < 4.78 is 28.7. The molecule has 162 valence electrons. The van der Waals surface area contributed by atoms with Crippen LogP contribution in [0.4, 0.5) is 14.6 Å². The molecule has 1 atom stereocenters. The minimum absolute atomic E-state index is 0.0180. The fourth-order valence-corrected chi connectivity index (χ4v) is 4.19. The maximum absolute atomic E-state index is 13.8. The number of anilines is 1. The van der Waals surface area contributed by atoms with E-state index in [-0.39, 0.29) is 30.1 Å². The van der Waals surface area contributed by atoms with Crippen LogP contribution in [-0.2, 0) is 6.54 Å². The molecule has 4 aromatic rings. The van der Waals surface area contributed by atoms with Gasteiger partial charge < -0.3 is 10.2 Å². The summed E-state index contributed by atoms with van der Waals surface area (Å²) in [5, 5.41) is 7.46. The standard InChI is InChI=1S/C24H21F2N5O/c25-18-6-1-4-16(12-18)14-28-24(32)21-15-27-22-9-10-23(29-31(21)22)30-11-3-8-20(30)17-5-2-7-19(26)13-17/h1-2,4-7,9-10,12-13,15,20H,3,8,11,14H2,(H,28,32)/t20-/m1/s1. The number of benzene rings is 2. The molecule has 3 heterocycles. The molecule has 32 heavy (non-hydrogen) atoms. The Kier molecular flexibility index (Phi) is 5.26. The molecule has 0 aliphatic carbocycles. The molecular weight excluding hydrogens is 412 g/mol. The fourth-order valence-electron chi connectivity index (χ4n) is 4.19. The highest BCUT2D eigenvalue weighted by Crippen LogP contribution is 2.35. The Balaban J connectivity index is 1.40. The predicted molar refractivity (Wildman–Crippen MR) is 116 cm³/mol. The van der Waals surface area contributed by atoms with E-state index in [1.54, 1.807) is 24.3 Å². The molecular formula is C24H21F2N5O. The molecule has 0 spiro atoms. The van der Waals surface area contributed by atoms with Crippen molar-refractivity contribution < 1.29 is 13.6 Å². The van der Waals surface area contributed by atoms with Gasteiger partial charge in [0.1, 0.15) is 17.5 Å².